The molecule has 0 fully saturated rings. The highest BCUT2D eigenvalue weighted by Gasteiger charge is 2.33. The number of alkyl halides is 2. The van der Waals surface area contributed by atoms with Crippen molar-refractivity contribution in [2.24, 2.45) is 0 Å². The smallest absolute Gasteiger partial charge is 0.273 e. The molecule has 2 atom stereocenters. The first-order valence-corrected chi connectivity index (χ1v) is 3.33. The van der Waals surface area contributed by atoms with Gasteiger partial charge in [0.25, 0.3) is 6.36 Å². The van der Waals surface area contributed by atoms with E-state index in [0.717, 1.165) is 0 Å². The van der Waals surface area contributed by atoms with E-state index in [-0.39, 0.29) is 0 Å². The molecule has 58 valence electrons. The molecule has 0 radical (unpaired) electrons. The maximum absolute atomic E-state index is 12.8. The number of hydrogen-bond acceptors (Lipinski definition) is 1. The summed E-state index contributed by atoms with van der Waals surface area (Å²) < 4.78 is 29.9. The quantitative estimate of drug-likeness (QED) is 0.560. The van der Waals surface area contributed by atoms with Crippen LogP contribution in [0.25, 0.3) is 0 Å². The number of para-hydroxylation sites is 1. The van der Waals surface area contributed by atoms with Crippen molar-refractivity contribution in [3.63, 3.8) is 0 Å². The van der Waals surface area contributed by atoms with Crippen LogP contribution in [-0.2, 0) is 0 Å². The summed E-state index contributed by atoms with van der Waals surface area (Å²) in [6.45, 7) is 0. The molecule has 0 saturated carbocycles. The number of halogens is 2. The minimum atomic E-state index is -1.83. The Morgan fingerprint density at radius 3 is 2.64 bits per heavy atom. The minimum Gasteiger partial charge on any atom is -0.456 e. The van der Waals surface area contributed by atoms with Crippen molar-refractivity contribution in [1.82, 2.24) is 0 Å². The maximum atomic E-state index is 12.8. The lowest BCUT2D eigenvalue weighted by atomic mass is 10.1. The van der Waals surface area contributed by atoms with Crippen molar-refractivity contribution in [3.05, 3.63) is 29.8 Å². The van der Waals surface area contributed by atoms with Crippen LogP contribution in [0.15, 0.2) is 24.3 Å². The van der Waals surface area contributed by atoms with Crippen molar-refractivity contribution in [2.45, 2.75) is 12.5 Å². The molecule has 1 heterocycles. The molecule has 2 rings (SSSR count). The summed E-state index contributed by atoms with van der Waals surface area (Å²) >= 11 is 0. The van der Waals surface area contributed by atoms with Crippen LogP contribution in [0.2, 0.25) is 0 Å². The van der Waals surface area contributed by atoms with E-state index in [4.69, 9.17) is 0 Å². The zero-order valence-electron chi connectivity index (χ0n) is 5.63. The van der Waals surface area contributed by atoms with Gasteiger partial charge in [0.2, 0.25) is 0 Å². The Labute approximate surface area is 62.6 Å². The maximum Gasteiger partial charge on any atom is 0.273 e. The predicted octanol–water partition coefficient (Wildman–Crippen LogP) is 2.39. The van der Waals surface area contributed by atoms with Crippen molar-refractivity contribution in [1.29, 1.82) is 0 Å². The molecule has 0 N–H and O–H groups in total. The molecule has 1 aromatic rings. The van der Waals surface area contributed by atoms with Gasteiger partial charge in [-0.1, -0.05) is 18.2 Å². The Kier molecular flexibility index (Phi) is 1.31. The van der Waals surface area contributed by atoms with Gasteiger partial charge in [-0.15, -0.1) is 0 Å². The van der Waals surface area contributed by atoms with E-state index in [1.54, 1.807) is 18.2 Å². The highest BCUT2D eigenvalue weighted by Crippen LogP contribution is 2.39. The molecule has 0 bridgehead atoms. The lowest BCUT2D eigenvalue weighted by Gasteiger charge is -1.99. The van der Waals surface area contributed by atoms with Crippen LogP contribution in [0.3, 0.4) is 0 Å². The van der Waals surface area contributed by atoms with E-state index >= 15 is 0 Å². The molecule has 1 aromatic carbocycles. The van der Waals surface area contributed by atoms with Gasteiger partial charge in [-0.25, -0.2) is 4.39 Å². The third kappa shape index (κ3) is 0.878. The Bertz CT molecular complexity index is 275. The Balaban J connectivity index is 2.47. The normalized spacial score (nSPS) is 27.8. The van der Waals surface area contributed by atoms with Gasteiger partial charge in [0.05, 0.1) is 0 Å². The molecule has 0 aromatic heterocycles. The number of benzene rings is 1. The number of hydrogen-bond donors (Lipinski definition) is 0. The minimum absolute atomic E-state index is 0.306. The molecular weight excluding hydrogens is 150 g/mol. The summed E-state index contributed by atoms with van der Waals surface area (Å²) in [5, 5.41) is 0. The zero-order valence-corrected chi connectivity index (χ0v) is 5.63. The molecule has 1 nitrogen and oxygen atoms in total. The fourth-order valence-corrected chi connectivity index (χ4v) is 1.14. The second kappa shape index (κ2) is 2.19. The fourth-order valence-electron chi connectivity index (χ4n) is 1.14. The van der Waals surface area contributed by atoms with Crippen LogP contribution >= 0.6 is 0 Å². The third-order valence-corrected chi connectivity index (χ3v) is 1.69. The average molecular weight is 156 g/mol. The molecule has 0 spiro atoms. The predicted molar refractivity (Wildman–Crippen MR) is 35.8 cm³/mol. The summed E-state index contributed by atoms with van der Waals surface area (Å²) in [7, 11) is 0. The van der Waals surface area contributed by atoms with Gasteiger partial charge in [0, 0.05) is 5.56 Å². The first-order chi connectivity index (χ1) is 5.29. The molecule has 11 heavy (non-hydrogen) atoms. The fraction of sp³-hybridized carbons (Fsp3) is 0.250. The monoisotopic (exact) mass is 156 g/mol. The van der Waals surface area contributed by atoms with Crippen molar-refractivity contribution >= 4 is 0 Å². The van der Waals surface area contributed by atoms with E-state index in [9.17, 15) is 8.78 Å². The second-order valence-electron chi connectivity index (χ2n) is 2.41. The van der Waals surface area contributed by atoms with Crippen LogP contribution in [0.5, 0.6) is 5.75 Å². The summed E-state index contributed by atoms with van der Waals surface area (Å²) in [6.07, 6.45) is -3.45. The Morgan fingerprint density at radius 1 is 1.18 bits per heavy atom. The first-order valence-electron chi connectivity index (χ1n) is 3.33. The van der Waals surface area contributed by atoms with Crippen molar-refractivity contribution in [2.75, 3.05) is 0 Å². The van der Waals surface area contributed by atoms with Crippen LogP contribution in [-0.4, -0.2) is 6.36 Å². The highest BCUT2D eigenvalue weighted by molar-refractivity contribution is 5.38. The van der Waals surface area contributed by atoms with E-state index in [2.05, 4.69) is 4.74 Å². The van der Waals surface area contributed by atoms with E-state index in [1.165, 1.54) is 6.07 Å². The van der Waals surface area contributed by atoms with Crippen LogP contribution in [0, 0.1) is 0 Å². The second-order valence-corrected chi connectivity index (χ2v) is 2.41. The lowest BCUT2D eigenvalue weighted by molar-refractivity contribution is 0.0216. The molecule has 3 heteroatoms. The highest BCUT2D eigenvalue weighted by atomic mass is 19.2. The largest absolute Gasteiger partial charge is 0.456 e. The molecule has 0 aliphatic carbocycles. The van der Waals surface area contributed by atoms with Gasteiger partial charge >= 0.3 is 0 Å². The van der Waals surface area contributed by atoms with Crippen molar-refractivity contribution < 1.29 is 13.5 Å². The van der Waals surface area contributed by atoms with Crippen LogP contribution < -0.4 is 4.74 Å². The van der Waals surface area contributed by atoms with Gasteiger partial charge in [-0.05, 0) is 6.07 Å². The summed E-state index contributed by atoms with van der Waals surface area (Å²) in [5.41, 5.74) is 0.306. The standard InChI is InChI=1S/C8H6F2O/c9-7-5-3-1-2-4-6(5)11-8(7)10/h1-4,7-8H. The Hall–Kier alpha value is -1.12. The zero-order chi connectivity index (χ0) is 7.84. The molecule has 0 amide bonds. The van der Waals surface area contributed by atoms with E-state index in [0.29, 0.717) is 11.3 Å². The summed E-state index contributed by atoms with van der Waals surface area (Å²) in [5.74, 6) is 0.313. The molecular formula is C8H6F2O. The number of fused-ring (bicyclic) bond motifs is 1. The van der Waals surface area contributed by atoms with Gasteiger partial charge in [0.15, 0.2) is 6.17 Å². The van der Waals surface area contributed by atoms with Gasteiger partial charge in [-0.3, -0.25) is 0 Å². The Morgan fingerprint density at radius 2 is 1.91 bits per heavy atom. The van der Waals surface area contributed by atoms with Gasteiger partial charge < -0.3 is 4.74 Å². The molecule has 1 aliphatic rings. The first kappa shape index (κ1) is 6.58. The van der Waals surface area contributed by atoms with E-state index in [1.807, 2.05) is 0 Å². The summed E-state index contributed by atoms with van der Waals surface area (Å²) in [6, 6.07) is 6.43. The van der Waals surface area contributed by atoms with Crippen molar-refractivity contribution in [3.8, 4) is 5.75 Å². The molecule has 2 unspecified atom stereocenters. The van der Waals surface area contributed by atoms with Gasteiger partial charge in [0.1, 0.15) is 5.75 Å². The van der Waals surface area contributed by atoms with E-state index < -0.39 is 12.5 Å². The average Bonchev–Trinajstić information content (AvgIpc) is 2.30. The number of rotatable bonds is 0. The van der Waals surface area contributed by atoms with Crippen LogP contribution in [0.4, 0.5) is 8.78 Å². The number of ether oxygens (including phenoxy) is 1. The third-order valence-electron chi connectivity index (χ3n) is 1.69. The topological polar surface area (TPSA) is 9.23 Å². The lowest BCUT2D eigenvalue weighted by Crippen LogP contribution is -2.07. The van der Waals surface area contributed by atoms with Crippen LogP contribution in [0.1, 0.15) is 11.7 Å². The molecule has 1 aliphatic heterocycles. The van der Waals surface area contributed by atoms with Gasteiger partial charge in [-0.2, -0.15) is 4.39 Å². The summed E-state index contributed by atoms with van der Waals surface area (Å²) in [4.78, 5) is 0. The SMILES string of the molecule is FC1Oc2ccccc2C1F. The molecule has 0 saturated heterocycles.